The van der Waals surface area contributed by atoms with E-state index in [1.165, 1.54) is 11.0 Å². The Hall–Kier alpha value is -2.45. The molecule has 0 N–H and O–H groups in total. The van der Waals surface area contributed by atoms with Gasteiger partial charge in [0.1, 0.15) is 18.6 Å². The van der Waals surface area contributed by atoms with Gasteiger partial charge in [-0.3, -0.25) is 9.59 Å². The molecule has 2 saturated heterocycles. The third-order valence-electron chi connectivity index (χ3n) is 5.56. The molecule has 0 aliphatic carbocycles. The second-order valence-electron chi connectivity index (χ2n) is 7.55. The average Bonchev–Trinajstić information content (AvgIpc) is 3.17. The first-order chi connectivity index (χ1) is 15.2. The molecule has 0 unspecified atom stereocenters. The molecule has 2 atom stereocenters. The number of sulfonamides is 1. The number of likely N-dealkylation sites (tertiary alicyclic amines) is 1. The van der Waals surface area contributed by atoms with Crippen LogP contribution in [0.25, 0.3) is 6.08 Å². The van der Waals surface area contributed by atoms with Crippen molar-refractivity contribution in [3.05, 3.63) is 40.3 Å². The molecule has 0 bridgehead atoms. The summed E-state index contributed by atoms with van der Waals surface area (Å²) in [5, 5.41) is 10.7. The van der Waals surface area contributed by atoms with Gasteiger partial charge in [0.25, 0.3) is 0 Å². The Morgan fingerprint density at radius 2 is 1.97 bits per heavy atom. The molecular weight excluding hydrogens is 456 g/mol. The number of halogens is 1. The lowest BCUT2D eigenvalue weighted by atomic mass is 10.2. The third kappa shape index (κ3) is 5.48. The molecule has 2 amide bonds. The van der Waals surface area contributed by atoms with Crippen LogP contribution < -0.4 is 0 Å². The first kappa shape index (κ1) is 24.2. The van der Waals surface area contributed by atoms with Crippen molar-refractivity contribution in [3.63, 3.8) is 0 Å². The van der Waals surface area contributed by atoms with Crippen LogP contribution in [0.1, 0.15) is 18.9 Å². The molecule has 2 aliphatic heterocycles. The zero-order valence-electron chi connectivity index (χ0n) is 17.7. The Kier molecular flexibility index (Phi) is 7.90. The largest absolute Gasteiger partial charge is 0.378 e. The monoisotopic (exact) mass is 480 g/mol. The number of carbonyl (C=O) groups excluding carboxylic acids is 2. The number of nitrogens with zero attached hydrogens (tertiary/aromatic N) is 4. The van der Waals surface area contributed by atoms with E-state index in [1.807, 2.05) is 6.07 Å². The molecule has 2 fully saturated rings. The summed E-state index contributed by atoms with van der Waals surface area (Å²) in [4.78, 5) is 28.9. The van der Waals surface area contributed by atoms with Gasteiger partial charge in [0.15, 0.2) is 0 Å². The molecule has 1 aromatic rings. The van der Waals surface area contributed by atoms with Gasteiger partial charge in [0.2, 0.25) is 21.8 Å². The van der Waals surface area contributed by atoms with E-state index in [0.29, 0.717) is 36.9 Å². The fourth-order valence-electron chi connectivity index (χ4n) is 3.78. The minimum absolute atomic E-state index is 0.195. The molecule has 2 heterocycles. The Bertz CT molecular complexity index is 1020. The average molecular weight is 481 g/mol. The van der Waals surface area contributed by atoms with Crippen molar-refractivity contribution in [2.75, 3.05) is 39.4 Å². The van der Waals surface area contributed by atoms with Gasteiger partial charge in [0, 0.05) is 30.1 Å². The van der Waals surface area contributed by atoms with Crippen LogP contribution in [0.4, 0.5) is 0 Å². The van der Waals surface area contributed by atoms with E-state index >= 15 is 0 Å². The second kappa shape index (κ2) is 10.4. The summed E-state index contributed by atoms with van der Waals surface area (Å²) in [6, 6.07) is 6.65. The van der Waals surface area contributed by atoms with E-state index in [2.05, 4.69) is 0 Å². The molecule has 1 aromatic carbocycles. The molecule has 0 aromatic heterocycles. The van der Waals surface area contributed by atoms with Crippen LogP contribution in [-0.2, 0) is 24.3 Å². The van der Waals surface area contributed by atoms with Gasteiger partial charge in [-0.25, -0.2) is 8.42 Å². The summed E-state index contributed by atoms with van der Waals surface area (Å²) in [7, 11) is -4.06. The highest BCUT2D eigenvalue weighted by molar-refractivity contribution is 7.92. The van der Waals surface area contributed by atoms with Crippen molar-refractivity contribution in [2.45, 2.75) is 25.4 Å². The Labute approximate surface area is 192 Å². The molecule has 0 saturated carbocycles. The van der Waals surface area contributed by atoms with E-state index in [4.69, 9.17) is 16.3 Å². The van der Waals surface area contributed by atoms with Gasteiger partial charge in [0.05, 0.1) is 19.3 Å². The molecule has 32 heavy (non-hydrogen) atoms. The number of hydrogen-bond donors (Lipinski definition) is 0. The van der Waals surface area contributed by atoms with Crippen LogP contribution in [0, 0.1) is 11.3 Å². The van der Waals surface area contributed by atoms with Crippen LogP contribution >= 0.6 is 11.6 Å². The van der Waals surface area contributed by atoms with Crippen LogP contribution in [0.5, 0.6) is 0 Å². The highest BCUT2D eigenvalue weighted by Crippen LogP contribution is 2.24. The van der Waals surface area contributed by atoms with Crippen molar-refractivity contribution >= 4 is 39.5 Å². The highest BCUT2D eigenvalue weighted by Gasteiger charge is 2.44. The van der Waals surface area contributed by atoms with Crippen molar-refractivity contribution in [3.8, 4) is 6.07 Å². The lowest BCUT2D eigenvalue weighted by molar-refractivity contribution is -0.146. The minimum Gasteiger partial charge on any atom is -0.378 e. The standard InChI is InChI=1S/C21H25ClN4O5S/c1-16(20(27)24-11-13-31-14-12-24)25-9-6-19(21(25)28)26(10-8-23)32(29,30)15-7-17-2-4-18(22)5-3-17/h2-5,7,15-16,19H,6,9-14H2,1H3/t16-,19-/m0/s1. The molecule has 11 heteroatoms. The smallest absolute Gasteiger partial charge is 0.245 e. The first-order valence-electron chi connectivity index (χ1n) is 10.2. The summed E-state index contributed by atoms with van der Waals surface area (Å²) >= 11 is 5.84. The fourth-order valence-corrected chi connectivity index (χ4v) is 5.18. The van der Waals surface area contributed by atoms with Gasteiger partial charge in [-0.1, -0.05) is 23.7 Å². The van der Waals surface area contributed by atoms with Crippen molar-refractivity contribution in [1.82, 2.24) is 14.1 Å². The maximum atomic E-state index is 13.1. The maximum absolute atomic E-state index is 13.1. The van der Waals surface area contributed by atoms with Crippen molar-refractivity contribution in [1.29, 1.82) is 5.26 Å². The summed E-state index contributed by atoms with van der Waals surface area (Å²) in [6.07, 6.45) is 1.59. The lowest BCUT2D eigenvalue weighted by Gasteiger charge is -2.33. The van der Waals surface area contributed by atoms with E-state index in [-0.39, 0.29) is 18.9 Å². The minimum atomic E-state index is -4.06. The summed E-state index contributed by atoms with van der Waals surface area (Å²) in [6.45, 7) is 3.22. The number of carbonyl (C=O) groups is 2. The quantitative estimate of drug-likeness (QED) is 0.544. The predicted molar refractivity (Wildman–Crippen MR) is 119 cm³/mol. The van der Waals surface area contributed by atoms with Gasteiger partial charge in [-0.2, -0.15) is 9.57 Å². The topological polar surface area (TPSA) is 111 Å². The van der Waals surface area contributed by atoms with Crippen LogP contribution in [0.2, 0.25) is 5.02 Å². The van der Waals surface area contributed by atoms with E-state index in [9.17, 15) is 23.3 Å². The Morgan fingerprint density at radius 3 is 2.59 bits per heavy atom. The lowest BCUT2D eigenvalue weighted by Crippen LogP contribution is -2.53. The van der Waals surface area contributed by atoms with Gasteiger partial charge < -0.3 is 14.5 Å². The van der Waals surface area contributed by atoms with Crippen molar-refractivity contribution < 1.29 is 22.7 Å². The number of benzene rings is 1. The molecule has 0 spiro atoms. The Morgan fingerprint density at radius 1 is 1.31 bits per heavy atom. The van der Waals surface area contributed by atoms with Crippen LogP contribution in [0.15, 0.2) is 29.7 Å². The second-order valence-corrected chi connectivity index (χ2v) is 9.76. The molecule has 3 rings (SSSR count). The van der Waals surface area contributed by atoms with Crippen LogP contribution in [0.3, 0.4) is 0 Å². The summed E-state index contributed by atoms with van der Waals surface area (Å²) in [5.41, 5.74) is 0.610. The SMILES string of the molecule is C[C@@H](C(=O)N1CCOCC1)N1CC[C@H](N(CC#N)S(=O)(=O)C=Cc2ccc(Cl)cc2)C1=O. The molecule has 2 aliphatic rings. The van der Waals surface area contributed by atoms with E-state index < -0.39 is 34.6 Å². The maximum Gasteiger partial charge on any atom is 0.245 e. The first-order valence-corrected chi connectivity index (χ1v) is 12.1. The van der Waals surface area contributed by atoms with Crippen LogP contribution in [-0.4, -0.2) is 85.8 Å². The normalized spacial score (nSPS) is 20.7. The third-order valence-corrected chi connectivity index (χ3v) is 7.33. The Balaban J connectivity index is 1.74. The molecule has 9 nitrogen and oxygen atoms in total. The molecule has 172 valence electrons. The van der Waals surface area contributed by atoms with Gasteiger partial charge in [-0.05, 0) is 37.1 Å². The van der Waals surface area contributed by atoms with Gasteiger partial charge >= 0.3 is 0 Å². The summed E-state index contributed by atoms with van der Waals surface area (Å²) in [5.74, 6) is -0.669. The number of ether oxygens (including phenoxy) is 1. The number of morpholine rings is 1. The van der Waals surface area contributed by atoms with E-state index in [0.717, 1.165) is 9.71 Å². The zero-order valence-corrected chi connectivity index (χ0v) is 19.3. The number of hydrogen-bond acceptors (Lipinski definition) is 6. The highest BCUT2D eigenvalue weighted by atomic mass is 35.5. The zero-order chi connectivity index (χ0) is 23.3. The molecular formula is C21H25ClN4O5S. The predicted octanol–water partition coefficient (Wildman–Crippen LogP) is 1.31. The van der Waals surface area contributed by atoms with Gasteiger partial charge in [-0.15, -0.1) is 0 Å². The number of amides is 2. The van der Waals surface area contributed by atoms with E-state index in [1.54, 1.807) is 36.1 Å². The van der Waals surface area contributed by atoms with Crippen molar-refractivity contribution in [2.24, 2.45) is 0 Å². The number of rotatable bonds is 7. The summed E-state index contributed by atoms with van der Waals surface area (Å²) < 4.78 is 32.1. The molecule has 0 radical (unpaired) electrons. The fraction of sp³-hybridized carbons (Fsp3) is 0.476. The number of nitriles is 1.